The van der Waals surface area contributed by atoms with Gasteiger partial charge < -0.3 is 5.32 Å². The molecule has 0 bridgehead atoms. The lowest BCUT2D eigenvalue weighted by atomic mass is 9.88. The number of hydrogen-bond donors (Lipinski definition) is 1. The second-order valence-electron chi connectivity index (χ2n) is 6.80. The molecule has 4 nitrogen and oxygen atoms in total. The molecule has 1 heterocycles. The van der Waals surface area contributed by atoms with Crippen LogP contribution in [0, 0.1) is 17.6 Å². The van der Waals surface area contributed by atoms with Gasteiger partial charge in [0, 0.05) is 11.5 Å². The van der Waals surface area contributed by atoms with Crippen molar-refractivity contribution in [3.05, 3.63) is 65.7 Å². The highest BCUT2D eigenvalue weighted by Gasteiger charge is 2.30. The quantitative estimate of drug-likeness (QED) is 0.810. The molecule has 3 rings (SSSR count). The first-order valence-electron chi connectivity index (χ1n) is 9.05. The van der Waals surface area contributed by atoms with E-state index in [0.29, 0.717) is 31.5 Å². The van der Waals surface area contributed by atoms with Crippen LogP contribution in [0.25, 0.3) is 0 Å². The molecule has 1 atom stereocenters. The van der Waals surface area contributed by atoms with Crippen molar-refractivity contribution >= 4 is 17.4 Å². The van der Waals surface area contributed by atoms with E-state index in [1.54, 1.807) is 6.92 Å². The van der Waals surface area contributed by atoms with Gasteiger partial charge in [0.2, 0.25) is 5.91 Å². The molecule has 2 aromatic rings. The molecule has 142 valence electrons. The second-order valence-corrected chi connectivity index (χ2v) is 6.80. The molecule has 1 unspecified atom stereocenters. The standard InChI is InChI=1S/C21H22F2N2O2/c1-14(21(27)24-19-17(22)8-5-9-18(19)23)25-12-10-16(11-13-25)20(26)15-6-3-2-4-7-15/h2-9,14,16H,10-13H2,1H3,(H,24,27). The van der Waals surface area contributed by atoms with E-state index in [1.807, 2.05) is 35.2 Å². The fourth-order valence-electron chi connectivity index (χ4n) is 3.40. The van der Waals surface area contributed by atoms with Crippen molar-refractivity contribution in [3.8, 4) is 0 Å². The van der Waals surface area contributed by atoms with E-state index in [2.05, 4.69) is 5.32 Å². The molecule has 1 saturated heterocycles. The third-order valence-electron chi connectivity index (χ3n) is 5.10. The number of carbonyl (C=O) groups excluding carboxylic acids is 2. The zero-order chi connectivity index (χ0) is 19.4. The van der Waals surface area contributed by atoms with Gasteiger partial charge in [-0.3, -0.25) is 14.5 Å². The van der Waals surface area contributed by atoms with Crippen LogP contribution in [0.1, 0.15) is 30.1 Å². The van der Waals surface area contributed by atoms with Gasteiger partial charge in [0.1, 0.15) is 17.3 Å². The second kappa shape index (κ2) is 8.39. The first kappa shape index (κ1) is 19.2. The van der Waals surface area contributed by atoms with Crippen molar-refractivity contribution in [3.63, 3.8) is 0 Å². The fourth-order valence-corrected chi connectivity index (χ4v) is 3.40. The smallest absolute Gasteiger partial charge is 0.241 e. The van der Waals surface area contributed by atoms with E-state index >= 15 is 0 Å². The molecule has 1 N–H and O–H groups in total. The van der Waals surface area contributed by atoms with Crippen molar-refractivity contribution in [2.24, 2.45) is 5.92 Å². The van der Waals surface area contributed by atoms with Gasteiger partial charge in [-0.2, -0.15) is 0 Å². The maximum Gasteiger partial charge on any atom is 0.241 e. The zero-order valence-electron chi connectivity index (χ0n) is 15.1. The van der Waals surface area contributed by atoms with Crippen molar-refractivity contribution in [2.45, 2.75) is 25.8 Å². The number of nitrogens with one attached hydrogen (secondary N) is 1. The molecule has 2 aromatic carbocycles. The van der Waals surface area contributed by atoms with Gasteiger partial charge in [0.25, 0.3) is 0 Å². The normalized spacial score (nSPS) is 16.7. The first-order valence-corrected chi connectivity index (χ1v) is 9.05. The van der Waals surface area contributed by atoms with Crippen LogP contribution in [0.5, 0.6) is 0 Å². The predicted octanol–water partition coefficient (Wildman–Crippen LogP) is 3.89. The van der Waals surface area contributed by atoms with Crippen LogP contribution >= 0.6 is 0 Å². The summed E-state index contributed by atoms with van der Waals surface area (Å²) in [4.78, 5) is 26.9. The van der Waals surface area contributed by atoms with Crippen LogP contribution in [0.15, 0.2) is 48.5 Å². The molecular formula is C21H22F2N2O2. The summed E-state index contributed by atoms with van der Waals surface area (Å²) in [6.45, 7) is 2.86. The highest BCUT2D eigenvalue weighted by molar-refractivity contribution is 5.98. The average molecular weight is 372 g/mol. The minimum absolute atomic E-state index is 0.0667. The van der Waals surface area contributed by atoms with E-state index < -0.39 is 29.3 Å². The Morgan fingerprint density at radius 2 is 1.59 bits per heavy atom. The monoisotopic (exact) mass is 372 g/mol. The molecule has 0 spiro atoms. The maximum absolute atomic E-state index is 13.7. The lowest BCUT2D eigenvalue weighted by Crippen LogP contribution is -2.47. The molecule has 6 heteroatoms. The van der Waals surface area contributed by atoms with Crippen molar-refractivity contribution < 1.29 is 18.4 Å². The molecule has 0 aromatic heterocycles. The van der Waals surface area contributed by atoms with E-state index in [0.717, 1.165) is 12.1 Å². The summed E-state index contributed by atoms with van der Waals surface area (Å²) in [7, 11) is 0. The number of rotatable bonds is 5. The van der Waals surface area contributed by atoms with Gasteiger partial charge >= 0.3 is 0 Å². The summed E-state index contributed by atoms with van der Waals surface area (Å²) >= 11 is 0. The molecular weight excluding hydrogens is 350 g/mol. The molecule has 27 heavy (non-hydrogen) atoms. The van der Waals surface area contributed by atoms with E-state index in [1.165, 1.54) is 6.07 Å². The van der Waals surface area contributed by atoms with Gasteiger partial charge in [-0.25, -0.2) is 8.78 Å². The molecule has 1 aliphatic rings. The lowest BCUT2D eigenvalue weighted by molar-refractivity contribution is -0.121. The van der Waals surface area contributed by atoms with Crippen LogP contribution in [-0.4, -0.2) is 35.7 Å². The molecule has 0 saturated carbocycles. The minimum Gasteiger partial charge on any atom is -0.320 e. The molecule has 0 radical (unpaired) electrons. The van der Waals surface area contributed by atoms with Gasteiger partial charge in [0.05, 0.1) is 6.04 Å². The van der Waals surface area contributed by atoms with Crippen molar-refractivity contribution in [2.75, 3.05) is 18.4 Å². The fraction of sp³-hybridized carbons (Fsp3) is 0.333. The molecule has 1 amide bonds. The summed E-state index contributed by atoms with van der Waals surface area (Å²) in [5.74, 6) is -2.01. The summed E-state index contributed by atoms with van der Waals surface area (Å²) in [6.07, 6.45) is 1.30. The molecule has 0 aliphatic carbocycles. The number of piperidine rings is 1. The van der Waals surface area contributed by atoms with Crippen LogP contribution in [-0.2, 0) is 4.79 Å². The lowest BCUT2D eigenvalue weighted by Gasteiger charge is -2.34. The number of Topliss-reactive ketones (excluding diaryl/α,β-unsaturated/α-hetero) is 1. The molecule has 1 fully saturated rings. The summed E-state index contributed by atoms with van der Waals surface area (Å²) < 4.78 is 27.4. The van der Waals surface area contributed by atoms with E-state index in [4.69, 9.17) is 0 Å². The average Bonchev–Trinajstić information content (AvgIpc) is 2.70. The number of likely N-dealkylation sites (tertiary alicyclic amines) is 1. The third-order valence-corrected chi connectivity index (χ3v) is 5.10. The van der Waals surface area contributed by atoms with Crippen LogP contribution in [0.4, 0.5) is 14.5 Å². The number of nitrogens with zero attached hydrogens (tertiary/aromatic N) is 1. The van der Waals surface area contributed by atoms with Crippen molar-refractivity contribution in [1.29, 1.82) is 0 Å². The first-order chi connectivity index (χ1) is 13.0. The van der Waals surface area contributed by atoms with Gasteiger partial charge in [-0.15, -0.1) is 0 Å². The largest absolute Gasteiger partial charge is 0.320 e. The van der Waals surface area contributed by atoms with Crippen LogP contribution in [0.3, 0.4) is 0 Å². The number of amides is 1. The predicted molar refractivity (Wildman–Crippen MR) is 99.5 cm³/mol. The Kier molecular flexibility index (Phi) is 5.96. The zero-order valence-corrected chi connectivity index (χ0v) is 15.1. The third kappa shape index (κ3) is 4.39. The van der Waals surface area contributed by atoms with Gasteiger partial charge in [0.15, 0.2) is 5.78 Å². The highest BCUT2D eigenvalue weighted by Crippen LogP contribution is 2.24. The van der Waals surface area contributed by atoms with Crippen molar-refractivity contribution in [1.82, 2.24) is 4.90 Å². The number of halogens is 2. The van der Waals surface area contributed by atoms with E-state index in [-0.39, 0.29) is 11.7 Å². The topological polar surface area (TPSA) is 49.4 Å². The van der Waals surface area contributed by atoms with E-state index in [9.17, 15) is 18.4 Å². The number of benzene rings is 2. The summed E-state index contributed by atoms with van der Waals surface area (Å²) in [5, 5.41) is 2.34. The Balaban J connectivity index is 1.57. The van der Waals surface area contributed by atoms with Crippen LogP contribution < -0.4 is 5.32 Å². The maximum atomic E-state index is 13.7. The summed E-state index contributed by atoms with van der Waals surface area (Å²) in [6, 6.07) is 12.1. The number of anilines is 1. The van der Waals surface area contributed by atoms with Gasteiger partial charge in [-0.1, -0.05) is 36.4 Å². The number of carbonyl (C=O) groups is 2. The number of ketones is 1. The Morgan fingerprint density at radius 3 is 2.19 bits per heavy atom. The van der Waals surface area contributed by atoms with Gasteiger partial charge in [-0.05, 0) is 45.0 Å². The minimum atomic E-state index is -0.803. The van der Waals surface area contributed by atoms with Crippen LogP contribution in [0.2, 0.25) is 0 Å². The highest BCUT2D eigenvalue weighted by atomic mass is 19.1. The Morgan fingerprint density at radius 1 is 1.00 bits per heavy atom. The summed E-state index contributed by atoms with van der Waals surface area (Å²) in [5.41, 5.74) is 0.278. The Hall–Kier alpha value is -2.60. The SMILES string of the molecule is CC(C(=O)Nc1c(F)cccc1F)N1CCC(C(=O)c2ccccc2)CC1. The Bertz CT molecular complexity index is 798. The number of para-hydroxylation sites is 1. The Labute approximate surface area is 157 Å². The number of hydrogen-bond acceptors (Lipinski definition) is 3. The molecule has 1 aliphatic heterocycles.